The van der Waals surface area contributed by atoms with E-state index in [0.29, 0.717) is 11.3 Å². The average Bonchev–Trinajstić information content (AvgIpc) is 3.04. The zero-order valence-electron chi connectivity index (χ0n) is 12.8. The molecule has 0 aliphatic heterocycles. The minimum atomic E-state index is 0.566. The molecular formula is C18H12N4OS. The van der Waals surface area contributed by atoms with E-state index in [1.54, 1.807) is 42.8 Å². The zero-order valence-corrected chi connectivity index (χ0v) is 13.6. The maximum atomic E-state index is 9.09. The fraction of sp³-hybridized carbons (Fsp3) is 0.0556. The number of pyridine rings is 1. The van der Waals surface area contributed by atoms with Gasteiger partial charge in [-0.1, -0.05) is 17.4 Å². The molecule has 4 rings (SSSR count). The first-order chi connectivity index (χ1) is 11.8. The van der Waals surface area contributed by atoms with Crippen LogP contribution < -0.4 is 10.1 Å². The second-order valence-corrected chi connectivity index (χ2v) is 6.21. The van der Waals surface area contributed by atoms with Crippen LogP contribution in [0.25, 0.3) is 21.0 Å². The van der Waals surface area contributed by atoms with Gasteiger partial charge < -0.3 is 10.1 Å². The summed E-state index contributed by atoms with van der Waals surface area (Å²) in [5.41, 5.74) is 2.23. The van der Waals surface area contributed by atoms with Crippen molar-refractivity contribution in [3.63, 3.8) is 0 Å². The van der Waals surface area contributed by atoms with E-state index in [1.807, 2.05) is 24.4 Å². The van der Waals surface area contributed by atoms with Gasteiger partial charge in [-0.2, -0.15) is 5.26 Å². The fourth-order valence-corrected chi connectivity index (χ4v) is 3.50. The van der Waals surface area contributed by atoms with Crippen LogP contribution in [-0.2, 0) is 0 Å². The molecule has 116 valence electrons. The summed E-state index contributed by atoms with van der Waals surface area (Å²) < 4.78 is 6.45. The van der Waals surface area contributed by atoms with E-state index >= 15 is 0 Å². The van der Waals surface area contributed by atoms with Gasteiger partial charge in [-0.15, -0.1) is 0 Å². The van der Waals surface area contributed by atoms with E-state index in [4.69, 9.17) is 15.0 Å². The van der Waals surface area contributed by atoms with E-state index in [1.165, 1.54) is 0 Å². The number of ether oxygens (including phenoxy) is 1. The molecule has 0 spiro atoms. The summed E-state index contributed by atoms with van der Waals surface area (Å²) in [6.07, 6.45) is 3.61. The van der Waals surface area contributed by atoms with Gasteiger partial charge in [0.15, 0.2) is 5.13 Å². The SMILES string of the molecule is COc1ccc(C#N)cc1Nc1nc2c(ccc3cnccc32)s1. The first-order valence-electron chi connectivity index (χ1n) is 7.27. The molecule has 2 heterocycles. The van der Waals surface area contributed by atoms with Crippen LogP contribution in [0.5, 0.6) is 5.75 Å². The quantitative estimate of drug-likeness (QED) is 0.599. The Morgan fingerprint density at radius 1 is 1.21 bits per heavy atom. The molecule has 0 saturated heterocycles. The van der Waals surface area contributed by atoms with Crippen molar-refractivity contribution in [2.45, 2.75) is 0 Å². The molecular weight excluding hydrogens is 320 g/mol. The summed E-state index contributed by atoms with van der Waals surface area (Å²) in [5, 5.41) is 15.2. The molecule has 0 amide bonds. The molecule has 24 heavy (non-hydrogen) atoms. The third-order valence-corrected chi connectivity index (χ3v) is 4.68. The second kappa shape index (κ2) is 5.80. The third-order valence-electron chi connectivity index (χ3n) is 3.74. The molecule has 0 saturated carbocycles. The Morgan fingerprint density at radius 2 is 2.12 bits per heavy atom. The first kappa shape index (κ1) is 14.4. The maximum Gasteiger partial charge on any atom is 0.188 e. The van der Waals surface area contributed by atoms with E-state index < -0.39 is 0 Å². The monoisotopic (exact) mass is 332 g/mol. The Balaban J connectivity index is 1.81. The molecule has 0 fully saturated rings. The number of thiazole rings is 1. The molecule has 0 aliphatic carbocycles. The summed E-state index contributed by atoms with van der Waals surface area (Å²) in [6.45, 7) is 0. The highest BCUT2D eigenvalue weighted by Gasteiger charge is 2.10. The van der Waals surface area contributed by atoms with Crippen molar-refractivity contribution < 1.29 is 4.74 Å². The highest BCUT2D eigenvalue weighted by molar-refractivity contribution is 7.22. The van der Waals surface area contributed by atoms with Gasteiger partial charge in [0.05, 0.1) is 34.6 Å². The number of aromatic nitrogens is 2. The number of nitriles is 1. The topological polar surface area (TPSA) is 70.8 Å². The summed E-state index contributed by atoms with van der Waals surface area (Å²) in [6, 6.07) is 13.5. The van der Waals surface area contributed by atoms with Crippen molar-refractivity contribution in [3.05, 3.63) is 54.4 Å². The molecule has 2 aromatic heterocycles. The molecule has 1 N–H and O–H groups in total. The van der Waals surface area contributed by atoms with E-state index in [9.17, 15) is 0 Å². The highest BCUT2D eigenvalue weighted by Crippen LogP contribution is 2.35. The summed E-state index contributed by atoms with van der Waals surface area (Å²) in [4.78, 5) is 8.86. The lowest BCUT2D eigenvalue weighted by molar-refractivity contribution is 0.417. The summed E-state index contributed by atoms with van der Waals surface area (Å²) in [7, 11) is 1.60. The average molecular weight is 332 g/mol. The van der Waals surface area contributed by atoms with Crippen LogP contribution in [0, 0.1) is 11.3 Å². The normalized spacial score (nSPS) is 10.7. The van der Waals surface area contributed by atoms with E-state index in [0.717, 1.165) is 31.8 Å². The Morgan fingerprint density at radius 3 is 2.96 bits per heavy atom. The maximum absolute atomic E-state index is 9.09. The minimum Gasteiger partial charge on any atom is -0.495 e. The van der Waals surface area contributed by atoms with Gasteiger partial charge in [-0.3, -0.25) is 4.98 Å². The van der Waals surface area contributed by atoms with Crippen molar-refractivity contribution in [3.8, 4) is 11.8 Å². The van der Waals surface area contributed by atoms with Crippen molar-refractivity contribution in [1.29, 1.82) is 5.26 Å². The van der Waals surface area contributed by atoms with Gasteiger partial charge in [0.25, 0.3) is 0 Å². The van der Waals surface area contributed by atoms with Crippen LogP contribution in [0.15, 0.2) is 48.8 Å². The predicted molar refractivity (Wildman–Crippen MR) is 95.9 cm³/mol. The van der Waals surface area contributed by atoms with E-state index in [2.05, 4.69) is 16.4 Å². The number of nitrogens with zero attached hydrogens (tertiary/aromatic N) is 3. The Hall–Kier alpha value is -3.17. The van der Waals surface area contributed by atoms with Gasteiger partial charge in [0.1, 0.15) is 5.75 Å². The van der Waals surface area contributed by atoms with Gasteiger partial charge in [-0.25, -0.2) is 4.98 Å². The molecule has 0 radical (unpaired) electrons. The first-order valence-corrected chi connectivity index (χ1v) is 8.08. The highest BCUT2D eigenvalue weighted by atomic mass is 32.1. The van der Waals surface area contributed by atoms with Crippen LogP contribution in [0.4, 0.5) is 10.8 Å². The molecule has 0 aliphatic rings. The molecule has 2 aromatic carbocycles. The molecule has 6 heteroatoms. The molecule has 0 atom stereocenters. The second-order valence-electron chi connectivity index (χ2n) is 5.18. The predicted octanol–water partition coefficient (Wildman–Crippen LogP) is 4.47. The van der Waals surface area contributed by atoms with Crippen LogP contribution >= 0.6 is 11.3 Å². The van der Waals surface area contributed by atoms with E-state index in [-0.39, 0.29) is 0 Å². The molecule has 0 unspecified atom stereocenters. The number of hydrogen-bond donors (Lipinski definition) is 1. The number of nitrogens with one attached hydrogen (secondary N) is 1. The lowest BCUT2D eigenvalue weighted by Crippen LogP contribution is -1.94. The van der Waals surface area contributed by atoms with Crippen LogP contribution in [-0.4, -0.2) is 17.1 Å². The Kier molecular flexibility index (Phi) is 3.48. The van der Waals surface area contributed by atoms with Gasteiger partial charge in [-0.05, 0) is 30.3 Å². The number of fused-ring (bicyclic) bond motifs is 3. The standard InChI is InChI=1S/C18H12N4OS/c1-23-15-4-2-11(9-19)8-14(15)21-18-22-17-13-6-7-20-10-12(13)3-5-16(17)24-18/h2-8,10H,1H3,(H,21,22). The van der Waals surface area contributed by atoms with Crippen LogP contribution in [0.1, 0.15) is 5.56 Å². The summed E-state index contributed by atoms with van der Waals surface area (Å²) in [5.74, 6) is 0.669. The fourth-order valence-electron chi connectivity index (χ4n) is 2.60. The number of anilines is 2. The van der Waals surface area contributed by atoms with Crippen LogP contribution in [0.3, 0.4) is 0 Å². The Labute approximate surface area is 142 Å². The van der Waals surface area contributed by atoms with Gasteiger partial charge >= 0.3 is 0 Å². The Bertz CT molecular complexity index is 1100. The molecule has 0 bridgehead atoms. The number of methoxy groups -OCH3 is 1. The lowest BCUT2D eigenvalue weighted by atomic mass is 10.1. The largest absolute Gasteiger partial charge is 0.495 e. The molecule has 5 nitrogen and oxygen atoms in total. The lowest BCUT2D eigenvalue weighted by Gasteiger charge is -2.08. The van der Waals surface area contributed by atoms with Crippen molar-refractivity contribution in [2.75, 3.05) is 12.4 Å². The minimum absolute atomic E-state index is 0.566. The van der Waals surface area contributed by atoms with Crippen molar-refractivity contribution in [1.82, 2.24) is 9.97 Å². The number of benzene rings is 2. The number of rotatable bonds is 3. The third kappa shape index (κ3) is 2.41. The number of hydrogen-bond acceptors (Lipinski definition) is 6. The van der Waals surface area contributed by atoms with Crippen LogP contribution in [0.2, 0.25) is 0 Å². The zero-order chi connectivity index (χ0) is 16.5. The van der Waals surface area contributed by atoms with Gasteiger partial charge in [0, 0.05) is 23.2 Å². The van der Waals surface area contributed by atoms with Crippen molar-refractivity contribution >= 4 is 43.1 Å². The summed E-state index contributed by atoms with van der Waals surface area (Å²) >= 11 is 1.56. The van der Waals surface area contributed by atoms with Crippen molar-refractivity contribution in [2.24, 2.45) is 0 Å². The molecule has 4 aromatic rings. The smallest absolute Gasteiger partial charge is 0.188 e. The van der Waals surface area contributed by atoms with Gasteiger partial charge in [0.2, 0.25) is 0 Å².